The van der Waals surface area contributed by atoms with Crippen LogP contribution in [0.2, 0.25) is 0 Å². The van der Waals surface area contributed by atoms with E-state index in [4.69, 9.17) is 4.74 Å². The van der Waals surface area contributed by atoms with E-state index in [-0.39, 0.29) is 37.5 Å². The molecule has 0 bridgehead atoms. The molecule has 1 heterocycles. The maximum Gasteiger partial charge on any atom is 0.310 e. The number of nitrogens with one attached hydrogen (secondary N) is 1. The molecule has 0 saturated carbocycles. The van der Waals surface area contributed by atoms with Crippen LogP contribution in [0.4, 0.5) is 11.4 Å². The molecule has 1 aliphatic heterocycles. The van der Waals surface area contributed by atoms with Crippen molar-refractivity contribution in [3.8, 4) is 0 Å². The van der Waals surface area contributed by atoms with Crippen molar-refractivity contribution in [1.82, 2.24) is 4.90 Å². The van der Waals surface area contributed by atoms with Gasteiger partial charge in [-0.15, -0.1) is 0 Å². The van der Waals surface area contributed by atoms with Crippen molar-refractivity contribution in [3.63, 3.8) is 0 Å². The first-order valence-corrected chi connectivity index (χ1v) is 12.3. The molecule has 0 radical (unpaired) electrons. The summed E-state index contributed by atoms with van der Waals surface area (Å²) in [4.78, 5) is 43.4. The monoisotopic (exact) mass is 471 g/mol. The van der Waals surface area contributed by atoms with E-state index in [0.717, 1.165) is 18.8 Å². The Kier molecular flexibility index (Phi) is 8.72. The van der Waals surface area contributed by atoms with Crippen LogP contribution in [0, 0.1) is 23.7 Å². The number of nitrogens with zero attached hydrogens (tertiary/aromatic N) is 2. The summed E-state index contributed by atoms with van der Waals surface area (Å²) in [6, 6.07) is 6.81. The minimum Gasteiger partial charge on any atom is -0.466 e. The summed E-state index contributed by atoms with van der Waals surface area (Å²) >= 11 is 0. The Bertz CT molecular complexity index is 896. The topological polar surface area (TPSA) is 99.2 Å². The lowest BCUT2D eigenvalue weighted by Crippen LogP contribution is -2.45. The van der Waals surface area contributed by atoms with Gasteiger partial charge in [-0.3, -0.25) is 14.4 Å². The number of anilines is 2. The van der Waals surface area contributed by atoms with E-state index >= 15 is 0 Å². The fourth-order valence-electron chi connectivity index (χ4n) is 5.36. The van der Waals surface area contributed by atoms with Gasteiger partial charge in [0.15, 0.2) is 0 Å². The number of benzene rings is 1. The van der Waals surface area contributed by atoms with Crippen molar-refractivity contribution in [2.24, 2.45) is 23.7 Å². The lowest BCUT2D eigenvalue weighted by atomic mass is 9.69. The number of carbonyl (C=O) groups excluding carboxylic acids is 3. The second-order valence-corrected chi connectivity index (χ2v) is 8.75. The van der Waals surface area contributed by atoms with E-state index in [1.807, 2.05) is 43.3 Å². The van der Waals surface area contributed by atoms with Gasteiger partial charge >= 0.3 is 5.97 Å². The van der Waals surface area contributed by atoms with Crippen molar-refractivity contribution < 1.29 is 24.2 Å². The van der Waals surface area contributed by atoms with Crippen molar-refractivity contribution >= 4 is 29.2 Å². The van der Waals surface area contributed by atoms with E-state index in [1.165, 1.54) is 4.90 Å². The molecule has 1 aromatic carbocycles. The fourth-order valence-corrected chi connectivity index (χ4v) is 5.36. The van der Waals surface area contributed by atoms with Gasteiger partial charge in [0.05, 0.1) is 25.0 Å². The molecule has 1 aromatic rings. The Balaban J connectivity index is 1.88. The van der Waals surface area contributed by atoms with Crippen LogP contribution in [-0.4, -0.2) is 66.7 Å². The van der Waals surface area contributed by atoms with Gasteiger partial charge in [0, 0.05) is 36.9 Å². The van der Waals surface area contributed by atoms with E-state index in [9.17, 15) is 19.5 Å². The molecule has 0 unspecified atom stereocenters. The van der Waals surface area contributed by atoms with Crippen LogP contribution in [0.25, 0.3) is 0 Å². The molecule has 1 aliphatic carbocycles. The Morgan fingerprint density at radius 2 is 1.76 bits per heavy atom. The molecule has 1 saturated heterocycles. The predicted octanol–water partition coefficient (Wildman–Crippen LogP) is 2.68. The highest BCUT2D eigenvalue weighted by Crippen LogP contribution is 2.45. The predicted molar refractivity (Wildman–Crippen MR) is 131 cm³/mol. The number of carbonyl (C=O) groups is 3. The normalized spacial score (nSPS) is 25.7. The third-order valence-electron chi connectivity index (χ3n) is 7.02. The van der Waals surface area contributed by atoms with Crippen LogP contribution in [0.5, 0.6) is 0 Å². The molecule has 0 spiro atoms. The van der Waals surface area contributed by atoms with Crippen LogP contribution < -0.4 is 10.2 Å². The summed E-state index contributed by atoms with van der Waals surface area (Å²) < 4.78 is 5.31. The molecular weight excluding hydrogens is 434 g/mol. The maximum absolute atomic E-state index is 13.5. The zero-order valence-electron chi connectivity index (χ0n) is 20.6. The standard InChI is InChI=1S/C26H37N3O5/c1-5-17-9-14-20-22(21(17)26(33)34-8-4)25(32)29(15-16-30)23(20)24(31)27-18-10-12-19(13-11-18)28(6-2)7-3/h9-14,17,20-23,30H,5-8,15-16H2,1-4H3,(H,27,31)/t17-,20+,21-,22+,23+/m1/s1. The smallest absolute Gasteiger partial charge is 0.310 e. The number of likely N-dealkylation sites (tertiary alicyclic amines) is 1. The third-order valence-corrected chi connectivity index (χ3v) is 7.02. The number of ether oxygens (including phenoxy) is 1. The number of aliphatic hydroxyl groups excluding tert-OH is 1. The van der Waals surface area contributed by atoms with Gasteiger partial charge in [-0.1, -0.05) is 19.1 Å². The van der Waals surface area contributed by atoms with Crippen LogP contribution in [0.1, 0.15) is 34.1 Å². The van der Waals surface area contributed by atoms with Gasteiger partial charge in [0.25, 0.3) is 0 Å². The number of amides is 2. The summed E-state index contributed by atoms with van der Waals surface area (Å²) in [7, 11) is 0. The number of hydrogen-bond acceptors (Lipinski definition) is 6. The van der Waals surface area contributed by atoms with Crippen LogP contribution in [-0.2, 0) is 19.1 Å². The second-order valence-electron chi connectivity index (χ2n) is 8.75. The largest absolute Gasteiger partial charge is 0.466 e. The zero-order valence-corrected chi connectivity index (χ0v) is 20.6. The van der Waals surface area contributed by atoms with E-state index < -0.39 is 29.8 Å². The average Bonchev–Trinajstić information content (AvgIpc) is 3.12. The minimum atomic E-state index is -0.807. The minimum absolute atomic E-state index is 0.0327. The molecule has 1 fully saturated rings. The number of hydrogen-bond donors (Lipinski definition) is 2. The summed E-state index contributed by atoms with van der Waals surface area (Å²) in [5.74, 6) is -2.93. The molecule has 2 amide bonds. The second kappa shape index (κ2) is 11.5. The van der Waals surface area contributed by atoms with E-state index in [0.29, 0.717) is 12.1 Å². The number of rotatable bonds is 10. The molecule has 3 rings (SSSR count). The lowest BCUT2D eigenvalue weighted by molar-refractivity contribution is -0.155. The van der Waals surface area contributed by atoms with E-state index in [1.54, 1.807) is 6.92 Å². The molecule has 8 heteroatoms. The van der Waals surface area contributed by atoms with Crippen molar-refractivity contribution in [2.45, 2.75) is 40.2 Å². The summed E-state index contributed by atoms with van der Waals surface area (Å²) in [5.41, 5.74) is 1.70. The van der Waals surface area contributed by atoms with Crippen molar-refractivity contribution in [3.05, 3.63) is 36.4 Å². The van der Waals surface area contributed by atoms with Gasteiger partial charge < -0.3 is 25.0 Å². The number of aliphatic hydroxyl groups is 1. The first-order valence-electron chi connectivity index (χ1n) is 12.3. The number of esters is 1. The van der Waals surface area contributed by atoms with Crippen LogP contribution in [0.15, 0.2) is 36.4 Å². The van der Waals surface area contributed by atoms with Gasteiger partial charge in [-0.2, -0.15) is 0 Å². The summed E-state index contributed by atoms with van der Waals surface area (Å²) in [6.07, 6.45) is 4.53. The first-order chi connectivity index (χ1) is 16.4. The van der Waals surface area contributed by atoms with Gasteiger partial charge in [-0.25, -0.2) is 0 Å². The SMILES string of the molecule is CCOC(=O)[C@H]1[C@H]2C(=O)N(CCO)[C@H](C(=O)Nc3ccc(N(CC)CC)cc3)[C@H]2C=C[C@H]1CC. The maximum atomic E-state index is 13.5. The Hall–Kier alpha value is -2.87. The molecule has 34 heavy (non-hydrogen) atoms. The Labute approximate surface area is 201 Å². The number of β-amino-alcohol motifs (C(OH)–C–C–N with tert-alkyl or cyclic N) is 1. The zero-order chi connectivity index (χ0) is 24.8. The molecule has 5 atom stereocenters. The highest BCUT2D eigenvalue weighted by molar-refractivity contribution is 6.01. The molecule has 2 N–H and O–H groups in total. The third kappa shape index (κ3) is 4.97. The fraction of sp³-hybridized carbons (Fsp3) is 0.577. The lowest BCUT2D eigenvalue weighted by Gasteiger charge is -2.33. The number of fused-ring (bicyclic) bond motifs is 1. The van der Waals surface area contributed by atoms with Crippen LogP contribution in [0.3, 0.4) is 0 Å². The quantitative estimate of drug-likeness (QED) is 0.402. The van der Waals surface area contributed by atoms with Crippen molar-refractivity contribution in [2.75, 3.05) is 43.1 Å². The Morgan fingerprint density at radius 1 is 1.09 bits per heavy atom. The van der Waals surface area contributed by atoms with Gasteiger partial charge in [0.1, 0.15) is 6.04 Å². The van der Waals surface area contributed by atoms with Gasteiger partial charge in [0.2, 0.25) is 11.8 Å². The first kappa shape index (κ1) is 25.7. The number of allylic oxidation sites excluding steroid dienone is 1. The summed E-state index contributed by atoms with van der Waals surface area (Å²) in [5, 5.41) is 12.6. The van der Waals surface area contributed by atoms with Gasteiger partial charge in [-0.05, 0) is 57.4 Å². The molecule has 8 nitrogen and oxygen atoms in total. The highest BCUT2D eigenvalue weighted by atomic mass is 16.5. The summed E-state index contributed by atoms with van der Waals surface area (Å²) in [6.45, 7) is 9.67. The Morgan fingerprint density at radius 3 is 2.32 bits per heavy atom. The molecule has 186 valence electrons. The van der Waals surface area contributed by atoms with Crippen LogP contribution >= 0.6 is 0 Å². The molecular formula is C26H37N3O5. The highest BCUT2D eigenvalue weighted by Gasteiger charge is 2.57. The van der Waals surface area contributed by atoms with E-state index in [2.05, 4.69) is 24.1 Å². The molecule has 2 aliphatic rings. The molecule has 0 aromatic heterocycles. The average molecular weight is 472 g/mol. The van der Waals surface area contributed by atoms with Crippen molar-refractivity contribution in [1.29, 1.82) is 0 Å².